The first-order valence-electron chi connectivity index (χ1n) is 11.0. The number of carbonyl (C=O) groups excluding carboxylic acids is 1. The minimum absolute atomic E-state index is 0.383. The lowest BCUT2D eigenvalue weighted by Crippen LogP contribution is -2.37. The van der Waals surface area contributed by atoms with Gasteiger partial charge in [-0.1, -0.05) is 19.9 Å². The van der Waals surface area contributed by atoms with Crippen LogP contribution in [0.2, 0.25) is 0 Å². The van der Waals surface area contributed by atoms with E-state index in [0.29, 0.717) is 36.2 Å². The van der Waals surface area contributed by atoms with Gasteiger partial charge >= 0.3 is 0 Å². The van der Waals surface area contributed by atoms with E-state index in [1.54, 1.807) is 0 Å². The predicted molar refractivity (Wildman–Crippen MR) is 115 cm³/mol. The van der Waals surface area contributed by atoms with E-state index in [2.05, 4.69) is 64.0 Å². The van der Waals surface area contributed by atoms with Crippen LogP contribution in [0.15, 0.2) is 42.9 Å². The van der Waals surface area contributed by atoms with Crippen LogP contribution in [-0.4, -0.2) is 37.7 Å². The van der Waals surface area contributed by atoms with E-state index in [0.717, 1.165) is 18.5 Å². The number of rotatable bonds is 6. The molecule has 1 amide bonds. The first-order valence-corrected chi connectivity index (χ1v) is 11.0. The Bertz CT molecular complexity index is 1000. The summed E-state index contributed by atoms with van der Waals surface area (Å²) in [5.41, 5.74) is 3.59. The highest BCUT2D eigenvalue weighted by molar-refractivity contribution is 5.85. The zero-order chi connectivity index (χ0) is 20.0. The van der Waals surface area contributed by atoms with Crippen LogP contribution >= 0.6 is 0 Å². The molecule has 5 heteroatoms. The summed E-state index contributed by atoms with van der Waals surface area (Å²) < 4.78 is 2.38. The van der Waals surface area contributed by atoms with Gasteiger partial charge in [-0.15, -0.1) is 0 Å². The van der Waals surface area contributed by atoms with Crippen LogP contribution in [0, 0.1) is 11.8 Å². The Kier molecular flexibility index (Phi) is 4.69. The Morgan fingerprint density at radius 1 is 1.24 bits per heavy atom. The molecular weight excluding hydrogens is 360 g/mol. The fourth-order valence-electron chi connectivity index (χ4n) is 5.55. The van der Waals surface area contributed by atoms with Gasteiger partial charge in [0.25, 0.3) is 0 Å². The molecule has 5 nitrogen and oxygen atoms in total. The maximum Gasteiger partial charge on any atom is 0.223 e. The Morgan fingerprint density at radius 3 is 2.93 bits per heavy atom. The second-order valence-corrected chi connectivity index (χ2v) is 9.25. The summed E-state index contributed by atoms with van der Waals surface area (Å²) in [5.74, 6) is 1.47. The van der Waals surface area contributed by atoms with Gasteiger partial charge in [0.2, 0.25) is 5.91 Å². The van der Waals surface area contributed by atoms with Gasteiger partial charge in [-0.2, -0.15) is 5.10 Å². The molecule has 2 aromatic heterocycles. The van der Waals surface area contributed by atoms with E-state index < -0.39 is 0 Å². The molecule has 0 aliphatic carbocycles. The van der Waals surface area contributed by atoms with Gasteiger partial charge in [0, 0.05) is 53.9 Å². The van der Waals surface area contributed by atoms with Crippen molar-refractivity contribution < 1.29 is 4.79 Å². The molecule has 2 fully saturated rings. The van der Waals surface area contributed by atoms with Crippen LogP contribution in [0.3, 0.4) is 0 Å². The van der Waals surface area contributed by atoms with Gasteiger partial charge in [-0.05, 0) is 61.3 Å². The van der Waals surface area contributed by atoms with E-state index in [1.807, 2.05) is 12.4 Å². The monoisotopic (exact) mass is 390 g/mol. The zero-order valence-corrected chi connectivity index (χ0v) is 17.3. The smallest absolute Gasteiger partial charge is 0.223 e. The van der Waals surface area contributed by atoms with Crippen molar-refractivity contribution >= 4 is 16.8 Å². The van der Waals surface area contributed by atoms with E-state index in [4.69, 9.17) is 0 Å². The minimum Gasteiger partial charge on any atom is -0.347 e. The number of carbonyl (C=O) groups is 1. The number of nitrogens with zero attached hydrogens (tertiary/aromatic N) is 3. The van der Waals surface area contributed by atoms with Crippen molar-refractivity contribution in [2.45, 2.75) is 64.6 Å². The number of aromatic nitrogens is 3. The van der Waals surface area contributed by atoms with Crippen LogP contribution in [0.5, 0.6) is 0 Å². The third kappa shape index (κ3) is 3.37. The summed E-state index contributed by atoms with van der Waals surface area (Å²) in [7, 11) is 0. The van der Waals surface area contributed by atoms with Crippen molar-refractivity contribution in [3.05, 3.63) is 42.9 Å². The fraction of sp³-hybridized carbons (Fsp3) is 0.500. The van der Waals surface area contributed by atoms with Crippen LogP contribution in [0.1, 0.15) is 46.0 Å². The number of H-pyrrole nitrogens is 1. The molecule has 0 saturated carbocycles. The van der Waals surface area contributed by atoms with Crippen molar-refractivity contribution in [3.8, 4) is 11.1 Å². The standard InChI is InChI=1S/C24H30N4O/c1-16(2)11-24(29)28-21-4-6-23(28)19(13-21)8-10-27-9-7-18-12-17(3-5-22(18)27)20-14-25-26-15-20/h3,5,7,9,12,14-16,19,21,23H,4,6,8,10-11,13H2,1-2H3,(H,25,26). The highest BCUT2D eigenvalue weighted by Gasteiger charge is 2.47. The molecule has 1 aromatic carbocycles. The number of aromatic amines is 1. The third-order valence-corrected chi connectivity index (χ3v) is 6.88. The molecule has 3 aromatic rings. The van der Waals surface area contributed by atoms with Gasteiger partial charge in [-0.3, -0.25) is 9.89 Å². The summed E-state index contributed by atoms with van der Waals surface area (Å²) in [6.07, 6.45) is 11.4. The molecular formula is C24H30N4O. The molecule has 29 heavy (non-hydrogen) atoms. The minimum atomic E-state index is 0.383. The topological polar surface area (TPSA) is 53.9 Å². The Balaban J connectivity index is 1.27. The van der Waals surface area contributed by atoms with Gasteiger partial charge in [0.1, 0.15) is 0 Å². The predicted octanol–water partition coefficient (Wildman–Crippen LogP) is 4.85. The lowest BCUT2D eigenvalue weighted by molar-refractivity contribution is -0.133. The van der Waals surface area contributed by atoms with Crippen LogP contribution in [-0.2, 0) is 11.3 Å². The maximum absolute atomic E-state index is 12.7. The molecule has 2 saturated heterocycles. The van der Waals surface area contributed by atoms with Gasteiger partial charge in [0.15, 0.2) is 0 Å². The van der Waals surface area contributed by atoms with Gasteiger partial charge in [0.05, 0.1) is 6.20 Å². The number of aryl methyl sites for hydroxylation is 1. The number of hydrogen-bond acceptors (Lipinski definition) is 2. The largest absolute Gasteiger partial charge is 0.347 e. The lowest BCUT2D eigenvalue weighted by atomic mass is 9.87. The second-order valence-electron chi connectivity index (χ2n) is 9.25. The molecule has 5 rings (SSSR count). The quantitative estimate of drug-likeness (QED) is 0.654. The average Bonchev–Trinajstić information content (AvgIpc) is 3.48. The highest BCUT2D eigenvalue weighted by Crippen LogP contribution is 2.44. The first-order chi connectivity index (χ1) is 14.1. The number of fused-ring (bicyclic) bond motifs is 3. The number of benzene rings is 1. The lowest BCUT2D eigenvalue weighted by Gasteiger charge is -2.25. The molecule has 4 heterocycles. The Morgan fingerprint density at radius 2 is 2.14 bits per heavy atom. The molecule has 152 valence electrons. The van der Waals surface area contributed by atoms with Gasteiger partial charge in [-0.25, -0.2) is 0 Å². The normalized spacial score (nSPS) is 23.6. The summed E-state index contributed by atoms with van der Waals surface area (Å²) in [4.78, 5) is 15.0. The maximum atomic E-state index is 12.7. The van der Waals surface area contributed by atoms with E-state index >= 15 is 0 Å². The molecule has 2 bridgehead atoms. The van der Waals surface area contributed by atoms with E-state index in [9.17, 15) is 4.79 Å². The fourth-order valence-corrected chi connectivity index (χ4v) is 5.55. The first kappa shape index (κ1) is 18.5. The second kappa shape index (κ2) is 7.36. The number of amides is 1. The molecule has 0 radical (unpaired) electrons. The molecule has 1 N–H and O–H groups in total. The van der Waals surface area contributed by atoms with E-state index in [-0.39, 0.29) is 0 Å². The molecule has 2 aliphatic heterocycles. The van der Waals surface area contributed by atoms with E-state index in [1.165, 1.54) is 35.7 Å². The van der Waals surface area contributed by atoms with Crippen molar-refractivity contribution in [2.24, 2.45) is 11.8 Å². The summed E-state index contributed by atoms with van der Waals surface area (Å²) in [6, 6.07) is 9.80. The average molecular weight is 391 g/mol. The van der Waals surface area contributed by atoms with Crippen molar-refractivity contribution in [1.82, 2.24) is 19.7 Å². The molecule has 3 unspecified atom stereocenters. The van der Waals surface area contributed by atoms with Crippen LogP contribution in [0.25, 0.3) is 22.0 Å². The number of hydrogen-bond donors (Lipinski definition) is 1. The Hall–Kier alpha value is -2.56. The van der Waals surface area contributed by atoms with Crippen LogP contribution < -0.4 is 0 Å². The van der Waals surface area contributed by atoms with Crippen molar-refractivity contribution in [3.63, 3.8) is 0 Å². The third-order valence-electron chi connectivity index (χ3n) is 6.88. The zero-order valence-electron chi connectivity index (χ0n) is 17.3. The summed E-state index contributed by atoms with van der Waals surface area (Å²) >= 11 is 0. The molecule has 0 spiro atoms. The van der Waals surface area contributed by atoms with Crippen molar-refractivity contribution in [1.29, 1.82) is 0 Å². The summed E-state index contributed by atoms with van der Waals surface area (Å²) in [6.45, 7) is 5.31. The SMILES string of the molecule is CC(C)CC(=O)N1C2CCC1C(CCn1ccc3cc(-c4cn[nH]c4)ccc31)C2. The van der Waals surface area contributed by atoms with Crippen molar-refractivity contribution in [2.75, 3.05) is 0 Å². The van der Waals surface area contributed by atoms with Gasteiger partial charge < -0.3 is 9.47 Å². The summed E-state index contributed by atoms with van der Waals surface area (Å²) in [5, 5.41) is 8.21. The highest BCUT2D eigenvalue weighted by atomic mass is 16.2. The Labute approximate surface area is 172 Å². The number of nitrogens with one attached hydrogen (secondary N) is 1. The van der Waals surface area contributed by atoms with Crippen LogP contribution in [0.4, 0.5) is 0 Å². The molecule has 2 aliphatic rings. The molecule has 3 atom stereocenters.